The molecule has 0 spiro atoms. The van der Waals surface area contributed by atoms with Crippen molar-refractivity contribution < 1.29 is 0 Å². The predicted molar refractivity (Wildman–Crippen MR) is 45.0 cm³/mol. The normalized spacial score (nSPS) is 13.7. The summed E-state index contributed by atoms with van der Waals surface area (Å²) in [5.74, 6) is 0. The molecule has 44 valence electrons. The Labute approximate surface area is 64.1 Å². The molecule has 0 rings (SSSR count). The number of halogens is 3. The number of rotatable bonds is 1. The summed E-state index contributed by atoms with van der Waals surface area (Å²) in [6.07, 6.45) is -2.36. The van der Waals surface area contributed by atoms with Gasteiger partial charge in [-0.3, -0.25) is 0 Å². The van der Waals surface area contributed by atoms with Gasteiger partial charge in [-0.05, 0) is 0 Å². The van der Waals surface area contributed by atoms with Gasteiger partial charge in [0.05, 0.1) is 20.8 Å². The SMILES string of the molecule is [SiH3]N([SiH3])[Si](Cl)(Cl)Cl. The summed E-state index contributed by atoms with van der Waals surface area (Å²) < 4.78 is 1.90. The van der Waals surface area contributed by atoms with Crippen molar-refractivity contribution in [3.8, 4) is 0 Å². The van der Waals surface area contributed by atoms with Crippen molar-refractivity contribution in [2.75, 3.05) is 0 Å². The highest BCUT2D eigenvalue weighted by Gasteiger charge is 2.27. The molecule has 0 amide bonds. The van der Waals surface area contributed by atoms with E-state index in [2.05, 4.69) is 0 Å². The fraction of sp³-hybridized carbons (Fsp3) is 0. The Kier molecular flexibility index (Phi) is 3.47. The van der Waals surface area contributed by atoms with Crippen LogP contribution in [0.5, 0.6) is 0 Å². The van der Waals surface area contributed by atoms with Gasteiger partial charge < -0.3 is 3.90 Å². The van der Waals surface area contributed by atoms with E-state index < -0.39 is 6.16 Å². The highest BCUT2D eigenvalue weighted by atomic mass is 35.8. The maximum absolute atomic E-state index is 5.53. The Morgan fingerprint density at radius 3 is 1.29 bits per heavy atom. The van der Waals surface area contributed by atoms with Crippen molar-refractivity contribution in [1.82, 2.24) is 3.90 Å². The minimum atomic E-state index is -2.36. The minimum absolute atomic E-state index is 0.889. The van der Waals surface area contributed by atoms with Gasteiger partial charge in [0.1, 0.15) is 0 Å². The lowest BCUT2D eigenvalue weighted by Crippen LogP contribution is -2.35. The average Bonchev–Trinajstić information content (AvgIpc) is 1.31. The monoisotopic (exact) mass is 209 g/mol. The van der Waals surface area contributed by atoms with Gasteiger partial charge in [-0.2, -0.15) is 0 Å². The lowest BCUT2D eigenvalue weighted by molar-refractivity contribution is 1.15. The van der Waals surface area contributed by atoms with Crippen molar-refractivity contribution in [1.29, 1.82) is 0 Å². The van der Waals surface area contributed by atoms with Gasteiger partial charge >= 0.3 is 6.16 Å². The summed E-state index contributed by atoms with van der Waals surface area (Å²) in [6, 6.07) is 0. The van der Waals surface area contributed by atoms with E-state index in [1.54, 1.807) is 0 Å². The molecule has 0 aliphatic heterocycles. The molecule has 0 aromatic rings. The van der Waals surface area contributed by atoms with Crippen LogP contribution in [-0.2, 0) is 0 Å². The first-order chi connectivity index (χ1) is 2.94. The number of hydrogen-bond donors (Lipinski definition) is 0. The third kappa shape index (κ3) is 4.02. The fourth-order valence-electron chi connectivity index (χ4n) is 0. The Bertz CT molecular complexity index is 55.7. The van der Waals surface area contributed by atoms with Crippen LogP contribution in [0.15, 0.2) is 0 Å². The lowest BCUT2D eigenvalue weighted by atomic mass is 13.8. The molecule has 7 heavy (non-hydrogen) atoms. The van der Waals surface area contributed by atoms with E-state index in [0.717, 1.165) is 20.8 Å². The molecule has 1 nitrogen and oxygen atoms in total. The van der Waals surface area contributed by atoms with Gasteiger partial charge in [0.25, 0.3) is 0 Å². The summed E-state index contributed by atoms with van der Waals surface area (Å²) in [5.41, 5.74) is 0. The second kappa shape index (κ2) is 2.86. The molecule has 0 N–H and O–H groups in total. The maximum Gasteiger partial charge on any atom is 0.410 e. The predicted octanol–water partition coefficient (Wildman–Crippen LogP) is -0.999. The van der Waals surface area contributed by atoms with Crippen LogP contribution in [0.1, 0.15) is 0 Å². The van der Waals surface area contributed by atoms with Gasteiger partial charge in [0, 0.05) is 0 Å². The zero-order chi connectivity index (χ0) is 6.08. The van der Waals surface area contributed by atoms with Gasteiger partial charge in [-0.25, -0.2) is 0 Å². The van der Waals surface area contributed by atoms with Gasteiger partial charge in [0.15, 0.2) is 0 Å². The first kappa shape index (κ1) is 8.48. The Hall–Kier alpha value is 1.48. The van der Waals surface area contributed by atoms with Crippen LogP contribution in [0.4, 0.5) is 0 Å². The van der Waals surface area contributed by atoms with E-state index in [4.69, 9.17) is 33.2 Å². The Balaban J connectivity index is 3.54. The third-order valence-corrected chi connectivity index (χ3v) is 13.7. The van der Waals surface area contributed by atoms with Crippen LogP contribution >= 0.6 is 33.2 Å². The van der Waals surface area contributed by atoms with Crippen molar-refractivity contribution in [3.63, 3.8) is 0 Å². The smallest absolute Gasteiger partial charge is 0.347 e. The van der Waals surface area contributed by atoms with Crippen LogP contribution in [0.25, 0.3) is 0 Å². The summed E-state index contributed by atoms with van der Waals surface area (Å²) in [6.45, 7) is 0. The molecular weight excluding hydrogens is 205 g/mol. The topological polar surface area (TPSA) is 3.24 Å². The molecule has 0 aliphatic carbocycles. The molecule has 0 bridgehead atoms. The largest absolute Gasteiger partial charge is 0.410 e. The lowest BCUT2D eigenvalue weighted by Gasteiger charge is -2.16. The van der Waals surface area contributed by atoms with E-state index in [1.807, 2.05) is 3.90 Å². The molecule has 0 unspecified atom stereocenters. The molecule has 0 aromatic carbocycles. The number of nitrogens with zero attached hydrogens (tertiary/aromatic N) is 1. The molecule has 0 saturated carbocycles. The van der Waals surface area contributed by atoms with Gasteiger partial charge in [-0.15, -0.1) is 33.2 Å². The minimum Gasteiger partial charge on any atom is -0.347 e. The first-order valence-corrected chi connectivity index (χ1v) is 8.46. The molecule has 7 heteroatoms. The average molecular weight is 211 g/mol. The van der Waals surface area contributed by atoms with Crippen LogP contribution in [0, 0.1) is 0 Å². The highest BCUT2D eigenvalue weighted by molar-refractivity contribution is 7.64. The molecule has 0 aromatic heterocycles. The quantitative estimate of drug-likeness (QED) is 0.397. The molecule has 0 saturated heterocycles. The van der Waals surface area contributed by atoms with E-state index in [9.17, 15) is 0 Å². The molecular formula is H6Cl3NSi3. The highest BCUT2D eigenvalue weighted by Crippen LogP contribution is 2.20. The standard InChI is InChI=1S/Cl3H6NSi3/c1-7(2,3)4(5)6/h5-6H3. The maximum atomic E-state index is 5.53. The van der Waals surface area contributed by atoms with Gasteiger partial charge in [-0.1, -0.05) is 0 Å². The second-order valence-corrected chi connectivity index (χ2v) is 16.1. The molecule has 0 heterocycles. The fourth-order valence-corrected chi connectivity index (χ4v) is 0. The van der Waals surface area contributed by atoms with E-state index in [1.165, 1.54) is 0 Å². The van der Waals surface area contributed by atoms with E-state index in [-0.39, 0.29) is 0 Å². The Morgan fingerprint density at radius 1 is 1.14 bits per heavy atom. The van der Waals surface area contributed by atoms with Crippen LogP contribution in [0.2, 0.25) is 0 Å². The van der Waals surface area contributed by atoms with Crippen molar-refractivity contribution in [2.24, 2.45) is 0 Å². The molecule has 0 atom stereocenters. The zero-order valence-corrected chi connectivity index (χ0v) is 11.3. The van der Waals surface area contributed by atoms with Crippen LogP contribution in [0.3, 0.4) is 0 Å². The summed E-state index contributed by atoms with van der Waals surface area (Å²) >= 11 is 16.6. The third-order valence-electron chi connectivity index (χ3n) is 0.507. The molecule has 0 aliphatic rings. The molecule has 0 fully saturated rings. The first-order valence-electron chi connectivity index (χ1n) is 1.68. The summed E-state index contributed by atoms with van der Waals surface area (Å²) in [5, 5.41) is 0. The van der Waals surface area contributed by atoms with Crippen molar-refractivity contribution in [2.45, 2.75) is 0 Å². The number of hydrogen-bond acceptors (Lipinski definition) is 1. The van der Waals surface area contributed by atoms with Crippen LogP contribution < -0.4 is 0 Å². The van der Waals surface area contributed by atoms with Crippen molar-refractivity contribution >= 4 is 60.2 Å². The second-order valence-electron chi connectivity index (χ2n) is 1.36. The Morgan fingerprint density at radius 2 is 1.29 bits per heavy atom. The summed E-state index contributed by atoms with van der Waals surface area (Å²) in [7, 11) is 1.78. The van der Waals surface area contributed by atoms with Crippen LogP contribution in [-0.4, -0.2) is 30.9 Å². The molecule has 0 radical (unpaired) electrons. The van der Waals surface area contributed by atoms with Gasteiger partial charge in [0.2, 0.25) is 0 Å². The summed E-state index contributed by atoms with van der Waals surface area (Å²) in [4.78, 5) is 0. The van der Waals surface area contributed by atoms with E-state index >= 15 is 0 Å². The van der Waals surface area contributed by atoms with Crippen molar-refractivity contribution in [3.05, 3.63) is 0 Å². The zero-order valence-electron chi connectivity index (χ0n) is 4.08. The van der Waals surface area contributed by atoms with E-state index in [0.29, 0.717) is 0 Å².